The number of amides is 1. The highest BCUT2D eigenvalue weighted by Crippen LogP contribution is 2.38. The summed E-state index contributed by atoms with van der Waals surface area (Å²) in [6.45, 7) is 2.10. The summed E-state index contributed by atoms with van der Waals surface area (Å²) < 4.78 is 0.932. The number of para-hydroxylation sites is 1. The van der Waals surface area contributed by atoms with Crippen molar-refractivity contribution in [3.63, 3.8) is 0 Å². The highest BCUT2D eigenvalue weighted by atomic mass is 79.9. The van der Waals surface area contributed by atoms with E-state index in [2.05, 4.69) is 28.2 Å². The second-order valence-electron chi connectivity index (χ2n) is 3.79. The van der Waals surface area contributed by atoms with Gasteiger partial charge in [-0.05, 0) is 40.4 Å². The number of carbonyl (C=O) groups is 1. The van der Waals surface area contributed by atoms with Crippen molar-refractivity contribution in [2.75, 3.05) is 5.32 Å². The van der Waals surface area contributed by atoms with E-state index in [4.69, 9.17) is 0 Å². The van der Waals surface area contributed by atoms with Crippen LogP contribution in [0.15, 0.2) is 28.7 Å². The summed E-state index contributed by atoms with van der Waals surface area (Å²) in [5, 5.41) is 2.92. The predicted octanol–water partition coefficient (Wildman–Crippen LogP) is 3.04. The van der Waals surface area contributed by atoms with Crippen LogP contribution in [0.2, 0.25) is 0 Å². The summed E-state index contributed by atoms with van der Waals surface area (Å²) in [6, 6.07) is 7.66. The maximum atomic E-state index is 11.6. The van der Waals surface area contributed by atoms with Crippen LogP contribution in [0.3, 0.4) is 0 Å². The molecule has 1 amide bonds. The largest absolute Gasteiger partial charge is 0.325 e. The van der Waals surface area contributed by atoms with Gasteiger partial charge in [0.1, 0.15) is 0 Å². The van der Waals surface area contributed by atoms with Crippen molar-refractivity contribution >= 4 is 27.5 Å². The number of anilines is 1. The topological polar surface area (TPSA) is 29.1 Å². The van der Waals surface area contributed by atoms with E-state index in [9.17, 15) is 4.79 Å². The van der Waals surface area contributed by atoms with Crippen LogP contribution in [-0.4, -0.2) is 5.91 Å². The molecule has 0 bridgehead atoms. The van der Waals surface area contributed by atoms with E-state index in [1.54, 1.807) is 0 Å². The van der Waals surface area contributed by atoms with Gasteiger partial charge in [-0.3, -0.25) is 4.79 Å². The van der Waals surface area contributed by atoms with Gasteiger partial charge in [-0.1, -0.05) is 19.1 Å². The molecular formula is C11H12BrNO. The molecule has 1 N–H and O–H groups in total. The van der Waals surface area contributed by atoms with E-state index in [0.717, 1.165) is 16.6 Å². The molecule has 2 rings (SSSR count). The fourth-order valence-electron chi connectivity index (χ4n) is 1.48. The number of hydrogen-bond donors (Lipinski definition) is 1. The van der Waals surface area contributed by atoms with E-state index in [1.807, 2.05) is 24.3 Å². The minimum Gasteiger partial charge on any atom is -0.325 e. The standard InChI is InChI=1S/C11H12BrNO/c1-7-6-8(7)11(14)13-10-5-3-2-4-9(10)12/h2-5,7-8H,6H2,1H3,(H,13,14). The maximum absolute atomic E-state index is 11.6. The first-order valence-electron chi connectivity index (χ1n) is 4.74. The zero-order valence-electron chi connectivity index (χ0n) is 7.96. The third-order valence-electron chi connectivity index (χ3n) is 2.58. The molecule has 0 aromatic heterocycles. The van der Waals surface area contributed by atoms with Crippen molar-refractivity contribution in [1.82, 2.24) is 0 Å². The van der Waals surface area contributed by atoms with Gasteiger partial charge in [0.2, 0.25) is 5.91 Å². The predicted molar refractivity (Wildman–Crippen MR) is 60.0 cm³/mol. The molecule has 14 heavy (non-hydrogen) atoms. The summed E-state index contributed by atoms with van der Waals surface area (Å²) in [7, 11) is 0. The lowest BCUT2D eigenvalue weighted by Gasteiger charge is -2.05. The summed E-state index contributed by atoms with van der Waals surface area (Å²) in [5.41, 5.74) is 0.858. The molecule has 0 saturated heterocycles. The van der Waals surface area contributed by atoms with Crippen molar-refractivity contribution in [2.45, 2.75) is 13.3 Å². The Bertz CT molecular complexity index is 364. The molecule has 1 saturated carbocycles. The van der Waals surface area contributed by atoms with E-state index in [0.29, 0.717) is 5.92 Å². The SMILES string of the molecule is CC1CC1C(=O)Nc1ccccc1Br. The molecule has 0 radical (unpaired) electrons. The molecule has 1 aliphatic carbocycles. The zero-order valence-corrected chi connectivity index (χ0v) is 9.54. The van der Waals surface area contributed by atoms with Gasteiger partial charge in [-0.2, -0.15) is 0 Å². The Hall–Kier alpha value is -0.830. The number of benzene rings is 1. The normalized spacial score (nSPS) is 24.4. The van der Waals surface area contributed by atoms with Gasteiger partial charge in [0.05, 0.1) is 5.69 Å². The van der Waals surface area contributed by atoms with Gasteiger partial charge in [-0.25, -0.2) is 0 Å². The van der Waals surface area contributed by atoms with Gasteiger partial charge in [0.15, 0.2) is 0 Å². The number of hydrogen-bond acceptors (Lipinski definition) is 1. The van der Waals surface area contributed by atoms with Gasteiger partial charge < -0.3 is 5.32 Å². The number of halogens is 1. The number of carbonyl (C=O) groups excluding carboxylic acids is 1. The van der Waals surface area contributed by atoms with Crippen LogP contribution >= 0.6 is 15.9 Å². The molecule has 74 valence electrons. The molecule has 0 spiro atoms. The minimum absolute atomic E-state index is 0.143. The van der Waals surface area contributed by atoms with Gasteiger partial charge in [-0.15, -0.1) is 0 Å². The third kappa shape index (κ3) is 1.98. The highest BCUT2D eigenvalue weighted by molar-refractivity contribution is 9.10. The average molecular weight is 254 g/mol. The lowest BCUT2D eigenvalue weighted by molar-refractivity contribution is -0.117. The fourth-order valence-corrected chi connectivity index (χ4v) is 1.86. The molecule has 3 heteroatoms. The van der Waals surface area contributed by atoms with Crippen LogP contribution < -0.4 is 5.32 Å². The van der Waals surface area contributed by atoms with Crippen LogP contribution in [0.5, 0.6) is 0 Å². The minimum atomic E-state index is 0.143. The summed E-state index contributed by atoms with van der Waals surface area (Å²) in [4.78, 5) is 11.6. The second-order valence-corrected chi connectivity index (χ2v) is 4.64. The summed E-state index contributed by atoms with van der Waals surface area (Å²) >= 11 is 3.39. The first-order chi connectivity index (χ1) is 6.68. The fraction of sp³-hybridized carbons (Fsp3) is 0.364. The van der Waals surface area contributed by atoms with Crippen molar-refractivity contribution < 1.29 is 4.79 Å². The Labute approximate surface area is 91.8 Å². The van der Waals surface area contributed by atoms with Crippen molar-refractivity contribution in [3.8, 4) is 0 Å². The molecule has 2 unspecified atom stereocenters. The monoisotopic (exact) mass is 253 g/mol. The lowest BCUT2D eigenvalue weighted by Crippen LogP contribution is -2.14. The molecule has 0 aliphatic heterocycles. The number of rotatable bonds is 2. The molecule has 1 aromatic carbocycles. The molecule has 1 aliphatic rings. The van der Waals surface area contributed by atoms with E-state index >= 15 is 0 Å². The Kier molecular flexibility index (Phi) is 2.59. The van der Waals surface area contributed by atoms with Gasteiger partial charge in [0, 0.05) is 10.4 Å². The summed E-state index contributed by atoms with van der Waals surface area (Å²) in [6.07, 6.45) is 1.02. The molecular weight excluding hydrogens is 242 g/mol. The smallest absolute Gasteiger partial charge is 0.227 e. The average Bonchev–Trinajstić information content (AvgIpc) is 2.87. The van der Waals surface area contributed by atoms with E-state index < -0.39 is 0 Å². The first-order valence-corrected chi connectivity index (χ1v) is 5.53. The second kappa shape index (κ2) is 3.73. The van der Waals surface area contributed by atoms with Gasteiger partial charge >= 0.3 is 0 Å². The molecule has 1 fully saturated rings. The Morgan fingerprint density at radius 3 is 2.71 bits per heavy atom. The molecule has 1 aromatic rings. The molecule has 2 nitrogen and oxygen atoms in total. The Morgan fingerprint density at radius 1 is 1.50 bits per heavy atom. The van der Waals surface area contributed by atoms with E-state index in [1.165, 1.54) is 0 Å². The lowest BCUT2D eigenvalue weighted by atomic mass is 10.3. The van der Waals surface area contributed by atoms with Crippen LogP contribution in [0, 0.1) is 11.8 Å². The van der Waals surface area contributed by atoms with Crippen LogP contribution in [0.4, 0.5) is 5.69 Å². The number of nitrogens with one attached hydrogen (secondary N) is 1. The quantitative estimate of drug-likeness (QED) is 0.863. The zero-order chi connectivity index (χ0) is 10.1. The van der Waals surface area contributed by atoms with Crippen LogP contribution in [-0.2, 0) is 4.79 Å². The Balaban J connectivity index is 2.04. The third-order valence-corrected chi connectivity index (χ3v) is 3.27. The van der Waals surface area contributed by atoms with Gasteiger partial charge in [0.25, 0.3) is 0 Å². The van der Waals surface area contributed by atoms with Crippen LogP contribution in [0.25, 0.3) is 0 Å². The first kappa shape index (κ1) is 9.71. The Morgan fingerprint density at radius 2 is 2.14 bits per heavy atom. The molecule has 0 heterocycles. The van der Waals surface area contributed by atoms with Crippen molar-refractivity contribution in [2.24, 2.45) is 11.8 Å². The van der Waals surface area contributed by atoms with Crippen LogP contribution in [0.1, 0.15) is 13.3 Å². The highest BCUT2D eigenvalue weighted by Gasteiger charge is 2.39. The van der Waals surface area contributed by atoms with Crippen molar-refractivity contribution in [1.29, 1.82) is 0 Å². The maximum Gasteiger partial charge on any atom is 0.227 e. The molecule has 2 atom stereocenters. The van der Waals surface area contributed by atoms with Crippen molar-refractivity contribution in [3.05, 3.63) is 28.7 Å². The summed E-state index contributed by atoms with van der Waals surface area (Å²) in [5.74, 6) is 0.920. The van der Waals surface area contributed by atoms with E-state index in [-0.39, 0.29) is 11.8 Å².